The molecule has 6 heteroatoms. The quantitative estimate of drug-likeness (QED) is 0.677. The van der Waals surface area contributed by atoms with Crippen molar-refractivity contribution < 1.29 is 4.79 Å². The Labute approximate surface area is 174 Å². The minimum atomic E-state index is -0.0672. The predicted octanol–water partition coefficient (Wildman–Crippen LogP) is 2.32. The summed E-state index contributed by atoms with van der Waals surface area (Å²) in [5.41, 5.74) is 2.96. The molecule has 152 valence electrons. The molecule has 2 aliphatic rings. The molecule has 3 aromatic rings. The van der Waals surface area contributed by atoms with Gasteiger partial charge in [-0.3, -0.25) is 14.4 Å². The van der Waals surface area contributed by atoms with Crippen molar-refractivity contribution in [2.75, 3.05) is 13.1 Å². The van der Waals surface area contributed by atoms with Gasteiger partial charge in [0.2, 0.25) is 5.91 Å². The number of piperidine rings is 1. The van der Waals surface area contributed by atoms with Crippen LogP contribution >= 0.6 is 0 Å². The van der Waals surface area contributed by atoms with E-state index in [-0.39, 0.29) is 35.3 Å². The molecule has 0 radical (unpaired) electrons. The van der Waals surface area contributed by atoms with Crippen molar-refractivity contribution in [2.45, 2.75) is 25.4 Å². The Balaban J connectivity index is 1.41. The van der Waals surface area contributed by atoms with Crippen molar-refractivity contribution in [3.63, 3.8) is 0 Å². The van der Waals surface area contributed by atoms with Crippen LogP contribution in [-0.2, 0) is 17.9 Å². The first-order chi connectivity index (χ1) is 14.6. The zero-order chi connectivity index (χ0) is 20.7. The molecule has 30 heavy (non-hydrogen) atoms. The average molecular weight is 401 g/mol. The van der Waals surface area contributed by atoms with E-state index in [0.29, 0.717) is 19.6 Å². The van der Waals surface area contributed by atoms with Crippen LogP contribution in [0.1, 0.15) is 18.0 Å². The Morgan fingerprint density at radius 3 is 2.43 bits per heavy atom. The third-order valence-corrected chi connectivity index (χ3v) is 6.19. The van der Waals surface area contributed by atoms with Crippen molar-refractivity contribution in [1.82, 2.24) is 14.0 Å². The van der Waals surface area contributed by atoms with Crippen LogP contribution in [0.4, 0.5) is 0 Å². The summed E-state index contributed by atoms with van der Waals surface area (Å²) in [6.07, 6.45) is 4.29. The normalized spacial score (nSPS) is 19.9. The van der Waals surface area contributed by atoms with Gasteiger partial charge in [0.15, 0.2) is 5.43 Å². The molecule has 2 aromatic heterocycles. The second-order valence-electron chi connectivity index (χ2n) is 8.29. The molecule has 2 aliphatic heterocycles. The Morgan fingerprint density at radius 2 is 1.67 bits per heavy atom. The molecule has 1 amide bonds. The van der Waals surface area contributed by atoms with E-state index in [4.69, 9.17) is 0 Å². The third kappa shape index (κ3) is 3.49. The summed E-state index contributed by atoms with van der Waals surface area (Å²) >= 11 is 0. The number of fused-ring (bicyclic) bond motifs is 4. The molecule has 0 unspecified atom stereocenters. The van der Waals surface area contributed by atoms with Crippen LogP contribution in [0.5, 0.6) is 0 Å². The van der Waals surface area contributed by atoms with Gasteiger partial charge >= 0.3 is 0 Å². The van der Waals surface area contributed by atoms with Crippen molar-refractivity contribution >= 4 is 5.91 Å². The maximum Gasteiger partial charge on any atom is 0.251 e. The van der Waals surface area contributed by atoms with Crippen molar-refractivity contribution in [3.8, 4) is 11.1 Å². The molecular formula is C24H23N3O3. The van der Waals surface area contributed by atoms with Gasteiger partial charge in [0.05, 0.1) is 0 Å². The lowest BCUT2D eigenvalue weighted by atomic mass is 9.82. The minimum Gasteiger partial charge on any atom is -0.345 e. The van der Waals surface area contributed by atoms with E-state index in [9.17, 15) is 14.4 Å². The summed E-state index contributed by atoms with van der Waals surface area (Å²) < 4.78 is 3.63. The number of likely N-dealkylation sites (tertiary alicyclic amines) is 1. The first kappa shape index (κ1) is 18.6. The first-order valence-electron chi connectivity index (χ1n) is 10.3. The number of nitrogens with zero attached hydrogens (tertiary/aromatic N) is 3. The highest BCUT2D eigenvalue weighted by Gasteiger charge is 2.36. The van der Waals surface area contributed by atoms with Crippen molar-refractivity contribution in [3.05, 3.63) is 93.3 Å². The number of hydrogen-bond donors (Lipinski definition) is 0. The van der Waals surface area contributed by atoms with Gasteiger partial charge in [0, 0.05) is 61.8 Å². The molecule has 0 spiro atoms. The van der Waals surface area contributed by atoms with Crippen LogP contribution in [0.25, 0.3) is 11.1 Å². The van der Waals surface area contributed by atoms with Crippen LogP contribution < -0.4 is 11.0 Å². The second-order valence-corrected chi connectivity index (χ2v) is 8.29. The molecule has 0 saturated carbocycles. The summed E-state index contributed by atoms with van der Waals surface area (Å²) in [5.74, 6) is 0.490. The molecule has 2 bridgehead atoms. The minimum absolute atomic E-state index is 0.0362. The Morgan fingerprint density at radius 1 is 0.900 bits per heavy atom. The zero-order valence-corrected chi connectivity index (χ0v) is 16.6. The molecule has 5 rings (SSSR count). The lowest BCUT2D eigenvalue weighted by molar-refractivity contribution is -0.134. The number of hydrogen-bond acceptors (Lipinski definition) is 3. The van der Waals surface area contributed by atoms with Gasteiger partial charge in [-0.25, -0.2) is 0 Å². The standard InChI is InChI=1S/C24H23N3O3/c28-21-6-8-25(9-7-21)16-24(30)26-13-17-10-20(15-26)22-11-19(12-23(29)27(22)14-17)18-4-2-1-3-5-18/h1-9,11-12,17,20H,10,13-16H2/t17-,20+/m0/s1. The average Bonchev–Trinajstić information content (AvgIpc) is 2.76. The van der Waals surface area contributed by atoms with Crippen molar-refractivity contribution in [1.29, 1.82) is 0 Å². The molecule has 0 aliphatic carbocycles. The number of amides is 1. The number of rotatable bonds is 3. The summed E-state index contributed by atoms with van der Waals surface area (Å²) in [5, 5.41) is 0. The number of carbonyl (C=O) groups is 1. The fourth-order valence-electron chi connectivity index (χ4n) is 4.77. The van der Waals surface area contributed by atoms with E-state index in [2.05, 4.69) is 6.07 Å². The zero-order valence-electron chi connectivity index (χ0n) is 16.6. The van der Waals surface area contributed by atoms with Gasteiger partial charge in [0.1, 0.15) is 6.54 Å². The highest BCUT2D eigenvalue weighted by atomic mass is 16.2. The van der Waals surface area contributed by atoms with Gasteiger partial charge in [-0.1, -0.05) is 30.3 Å². The smallest absolute Gasteiger partial charge is 0.251 e. The highest BCUT2D eigenvalue weighted by Crippen LogP contribution is 2.36. The van der Waals surface area contributed by atoms with E-state index in [1.807, 2.05) is 39.8 Å². The van der Waals surface area contributed by atoms with Gasteiger partial charge in [-0.2, -0.15) is 0 Å². The molecule has 1 saturated heterocycles. The SMILES string of the molecule is O=C(Cn1ccc(=O)cc1)N1C[C@@H]2C[C@H](C1)c1cc(-c3ccccc3)cc(=O)n1C2. The molecule has 1 fully saturated rings. The van der Waals surface area contributed by atoms with Gasteiger partial charge < -0.3 is 14.0 Å². The van der Waals surface area contributed by atoms with Crippen LogP contribution in [0.2, 0.25) is 0 Å². The first-order valence-corrected chi connectivity index (χ1v) is 10.3. The third-order valence-electron chi connectivity index (χ3n) is 6.19. The van der Waals surface area contributed by atoms with Crippen LogP contribution in [0.15, 0.2) is 76.6 Å². The highest BCUT2D eigenvalue weighted by molar-refractivity contribution is 5.76. The van der Waals surface area contributed by atoms with E-state index in [0.717, 1.165) is 23.2 Å². The van der Waals surface area contributed by atoms with E-state index in [1.165, 1.54) is 12.1 Å². The molecule has 6 nitrogen and oxygen atoms in total. The fraction of sp³-hybridized carbons (Fsp3) is 0.292. The lowest BCUT2D eigenvalue weighted by Crippen LogP contribution is -2.49. The summed E-state index contributed by atoms with van der Waals surface area (Å²) in [6.45, 7) is 2.16. The molecule has 0 N–H and O–H groups in total. The molecule has 1 aromatic carbocycles. The van der Waals surface area contributed by atoms with E-state index in [1.54, 1.807) is 23.0 Å². The molecule has 4 heterocycles. The monoisotopic (exact) mass is 401 g/mol. The lowest BCUT2D eigenvalue weighted by Gasteiger charge is -2.43. The van der Waals surface area contributed by atoms with Crippen LogP contribution in [-0.4, -0.2) is 33.0 Å². The number of aromatic nitrogens is 2. The maximum absolute atomic E-state index is 12.9. The molecule has 2 atom stereocenters. The Hall–Kier alpha value is -3.41. The van der Waals surface area contributed by atoms with Crippen LogP contribution in [0.3, 0.4) is 0 Å². The number of pyridine rings is 2. The van der Waals surface area contributed by atoms with Gasteiger partial charge in [0.25, 0.3) is 5.56 Å². The largest absolute Gasteiger partial charge is 0.345 e. The van der Waals surface area contributed by atoms with Gasteiger partial charge in [-0.15, -0.1) is 0 Å². The van der Waals surface area contributed by atoms with E-state index >= 15 is 0 Å². The van der Waals surface area contributed by atoms with E-state index < -0.39 is 0 Å². The topological polar surface area (TPSA) is 64.3 Å². The Kier molecular flexibility index (Phi) is 4.62. The van der Waals surface area contributed by atoms with Crippen LogP contribution in [0, 0.1) is 5.92 Å². The maximum atomic E-state index is 12.9. The molecular weight excluding hydrogens is 378 g/mol. The van der Waals surface area contributed by atoms with Crippen molar-refractivity contribution in [2.24, 2.45) is 5.92 Å². The summed E-state index contributed by atoms with van der Waals surface area (Å²) in [7, 11) is 0. The fourth-order valence-corrected chi connectivity index (χ4v) is 4.77. The Bertz CT molecular complexity index is 1190. The summed E-state index contributed by atoms with van der Waals surface area (Å²) in [4.78, 5) is 38.9. The number of carbonyl (C=O) groups excluding carboxylic acids is 1. The summed E-state index contributed by atoms with van der Waals surface area (Å²) in [6, 6.07) is 16.7. The predicted molar refractivity (Wildman–Crippen MR) is 114 cm³/mol. The second kappa shape index (κ2) is 7.44. The number of benzene rings is 1. The van der Waals surface area contributed by atoms with Gasteiger partial charge in [-0.05, 0) is 29.5 Å².